The van der Waals surface area contributed by atoms with Crippen LogP contribution in [0, 0.1) is 13.8 Å². The molecular formula is C22H23N3O5. The number of nitrogens with zero attached hydrogens (tertiary/aromatic N) is 1. The predicted octanol–water partition coefficient (Wildman–Crippen LogP) is 2.68. The number of benzene rings is 2. The number of amides is 2. The van der Waals surface area contributed by atoms with Crippen LogP contribution in [-0.4, -0.2) is 35.9 Å². The number of oxazole rings is 1. The summed E-state index contributed by atoms with van der Waals surface area (Å²) < 4.78 is 10.5. The van der Waals surface area contributed by atoms with Crippen molar-refractivity contribution < 1.29 is 23.5 Å². The Morgan fingerprint density at radius 3 is 2.63 bits per heavy atom. The van der Waals surface area contributed by atoms with Crippen molar-refractivity contribution >= 4 is 34.6 Å². The lowest BCUT2D eigenvalue weighted by molar-refractivity contribution is -0.148. The highest BCUT2D eigenvalue weighted by Crippen LogP contribution is 2.18. The summed E-state index contributed by atoms with van der Waals surface area (Å²) in [5, 5.41) is 5.17. The highest BCUT2D eigenvalue weighted by atomic mass is 16.5. The molecule has 0 unspecified atom stereocenters. The molecule has 0 saturated heterocycles. The number of ether oxygens (including phenoxy) is 1. The molecule has 3 aromatic rings. The molecule has 30 heavy (non-hydrogen) atoms. The molecule has 2 aromatic carbocycles. The highest BCUT2D eigenvalue weighted by Gasteiger charge is 2.12. The minimum atomic E-state index is -0.554. The van der Waals surface area contributed by atoms with E-state index in [0.717, 1.165) is 16.6 Å². The summed E-state index contributed by atoms with van der Waals surface area (Å²) >= 11 is 0. The number of aromatic nitrogens is 1. The molecule has 0 aliphatic heterocycles. The Hall–Kier alpha value is -3.68. The average Bonchev–Trinajstić information content (AvgIpc) is 3.15. The summed E-state index contributed by atoms with van der Waals surface area (Å²) in [6.07, 6.45) is 0.306. The summed E-state index contributed by atoms with van der Waals surface area (Å²) in [5.41, 5.74) is 4.09. The Morgan fingerprint density at radius 2 is 1.83 bits per heavy atom. The Labute approximate surface area is 173 Å². The standard InChI is InChI=1S/C22H23N3O5/c1-14-6-5-8-16(15(14)2)24-19(26)12-23-20(27)13-29-22(28)11-10-21-25-17-7-3-4-9-18(17)30-21/h3-9H,10-13H2,1-2H3,(H,23,27)(H,24,26). The van der Waals surface area contributed by atoms with E-state index < -0.39 is 18.5 Å². The smallest absolute Gasteiger partial charge is 0.306 e. The van der Waals surface area contributed by atoms with Crippen LogP contribution in [0.25, 0.3) is 11.1 Å². The first-order chi connectivity index (χ1) is 14.4. The molecule has 3 rings (SSSR count). The van der Waals surface area contributed by atoms with Crippen LogP contribution in [0.4, 0.5) is 5.69 Å². The van der Waals surface area contributed by atoms with Crippen molar-refractivity contribution in [3.05, 3.63) is 59.5 Å². The zero-order chi connectivity index (χ0) is 21.5. The van der Waals surface area contributed by atoms with Crippen LogP contribution in [0.2, 0.25) is 0 Å². The molecule has 8 heteroatoms. The number of hydrogen-bond donors (Lipinski definition) is 2. The molecule has 1 aromatic heterocycles. The van der Waals surface area contributed by atoms with Gasteiger partial charge in [-0.3, -0.25) is 14.4 Å². The summed E-state index contributed by atoms with van der Waals surface area (Å²) in [6, 6.07) is 12.9. The number of carbonyl (C=O) groups excluding carboxylic acids is 3. The van der Waals surface area contributed by atoms with Gasteiger partial charge in [-0.15, -0.1) is 0 Å². The SMILES string of the molecule is Cc1cccc(NC(=O)CNC(=O)COC(=O)CCc2nc3ccccc3o2)c1C. The maximum absolute atomic E-state index is 12.0. The van der Waals surface area contributed by atoms with E-state index in [-0.39, 0.29) is 25.3 Å². The van der Waals surface area contributed by atoms with Gasteiger partial charge in [0.15, 0.2) is 18.1 Å². The summed E-state index contributed by atoms with van der Waals surface area (Å²) in [5.74, 6) is -1.03. The van der Waals surface area contributed by atoms with E-state index in [1.807, 2.05) is 44.2 Å². The van der Waals surface area contributed by atoms with Gasteiger partial charge in [-0.1, -0.05) is 24.3 Å². The number of fused-ring (bicyclic) bond motifs is 1. The predicted molar refractivity (Wildman–Crippen MR) is 111 cm³/mol. The maximum Gasteiger partial charge on any atom is 0.306 e. The van der Waals surface area contributed by atoms with Gasteiger partial charge in [0, 0.05) is 12.1 Å². The molecule has 0 spiro atoms. The second-order valence-electron chi connectivity index (χ2n) is 6.81. The highest BCUT2D eigenvalue weighted by molar-refractivity contribution is 5.95. The third kappa shape index (κ3) is 5.66. The molecule has 0 bridgehead atoms. The minimum Gasteiger partial charge on any atom is -0.456 e. The van der Waals surface area contributed by atoms with Gasteiger partial charge in [0.1, 0.15) is 5.52 Å². The quantitative estimate of drug-likeness (QED) is 0.554. The normalized spacial score (nSPS) is 10.6. The van der Waals surface area contributed by atoms with Gasteiger partial charge in [0.05, 0.1) is 13.0 Å². The van der Waals surface area contributed by atoms with Gasteiger partial charge >= 0.3 is 5.97 Å². The van der Waals surface area contributed by atoms with Gasteiger partial charge in [-0.05, 0) is 43.2 Å². The van der Waals surface area contributed by atoms with Crippen molar-refractivity contribution in [2.45, 2.75) is 26.7 Å². The molecule has 0 fully saturated rings. The number of carbonyl (C=O) groups is 3. The first kappa shape index (κ1) is 21.0. The van der Waals surface area contributed by atoms with Crippen molar-refractivity contribution in [3.63, 3.8) is 0 Å². The largest absolute Gasteiger partial charge is 0.456 e. The number of esters is 1. The maximum atomic E-state index is 12.0. The van der Waals surface area contributed by atoms with E-state index in [9.17, 15) is 14.4 Å². The second kappa shape index (κ2) is 9.69. The number of anilines is 1. The molecule has 0 aliphatic carbocycles. The topological polar surface area (TPSA) is 111 Å². The van der Waals surface area contributed by atoms with Crippen LogP contribution in [0.3, 0.4) is 0 Å². The molecule has 0 radical (unpaired) electrons. The monoisotopic (exact) mass is 409 g/mol. The van der Waals surface area contributed by atoms with E-state index in [2.05, 4.69) is 15.6 Å². The Bertz CT molecular complexity index is 1040. The van der Waals surface area contributed by atoms with Gasteiger partial charge in [-0.2, -0.15) is 0 Å². The van der Waals surface area contributed by atoms with Gasteiger partial charge in [0.25, 0.3) is 5.91 Å². The molecule has 2 amide bonds. The van der Waals surface area contributed by atoms with E-state index in [1.165, 1.54) is 0 Å². The van der Waals surface area contributed by atoms with Crippen molar-refractivity contribution in [1.29, 1.82) is 0 Å². The molecule has 2 N–H and O–H groups in total. The molecule has 0 saturated carbocycles. The van der Waals surface area contributed by atoms with Crippen LogP contribution >= 0.6 is 0 Å². The van der Waals surface area contributed by atoms with E-state index in [1.54, 1.807) is 12.1 Å². The molecule has 8 nitrogen and oxygen atoms in total. The van der Waals surface area contributed by atoms with Gasteiger partial charge in [-0.25, -0.2) is 4.98 Å². The Balaban J connectivity index is 1.36. The first-order valence-electron chi connectivity index (χ1n) is 9.55. The van der Waals surface area contributed by atoms with Crippen LogP contribution in [0.5, 0.6) is 0 Å². The number of nitrogens with one attached hydrogen (secondary N) is 2. The zero-order valence-electron chi connectivity index (χ0n) is 16.9. The number of aryl methyl sites for hydroxylation is 2. The summed E-state index contributed by atoms with van der Waals surface area (Å²) in [4.78, 5) is 39.9. The number of rotatable bonds is 8. The third-order valence-electron chi connectivity index (χ3n) is 4.57. The van der Waals surface area contributed by atoms with Crippen LogP contribution in [-0.2, 0) is 25.5 Å². The fourth-order valence-electron chi connectivity index (χ4n) is 2.76. The molecular weight excluding hydrogens is 386 g/mol. The zero-order valence-corrected chi connectivity index (χ0v) is 16.9. The average molecular weight is 409 g/mol. The van der Waals surface area contributed by atoms with E-state index in [4.69, 9.17) is 9.15 Å². The van der Waals surface area contributed by atoms with Crippen LogP contribution in [0.15, 0.2) is 46.9 Å². The summed E-state index contributed by atoms with van der Waals surface area (Å²) in [6.45, 7) is 3.19. The van der Waals surface area contributed by atoms with Crippen LogP contribution in [0.1, 0.15) is 23.4 Å². The fourth-order valence-corrected chi connectivity index (χ4v) is 2.76. The van der Waals surface area contributed by atoms with Crippen molar-refractivity contribution in [1.82, 2.24) is 10.3 Å². The Morgan fingerprint density at radius 1 is 1.03 bits per heavy atom. The molecule has 1 heterocycles. The van der Waals surface area contributed by atoms with E-state index in [0.29, 0.717) is 17.2 Å². The number of para-hydroxylation sites is 2. The lowest BCUT2D eigenvalue weighted by atomic mass is 10.1. The Kier molecular flexibility index (Phi) is 6.79. The van der Waals surface area contributed by atoms with Gasteiger partial charge < -0.3 is 19.8 Å². The van der Waals surface area contributed by atoms with Crippen molar-refractivity contribution in [2.24, 2.45) is 0 Å². The van der Waals surface area contributed by atoms with E-state index >= 15 is 0 Å². The van der Waals surface area contributed by atoms with Crippen LogP contribution < -0.4 is 10.6 Å². The van der Waals surface area contributed by atoms with Gasteiger partial charge in [0.2, 0.25) is 5.91 Å². The number of hydrogen-bond acceptors (Lipinski definition) is 6. The summed E-state index contributed by atoms with van der Waals surface area (Å²) in [7, 11) is 0. The first-order valence-corrected chi connectivity index (χ1v) is 9.55. The molecule has 0 aliphatic rings. The third-order valence-corrected chi connectivity index (χ3v) is 4.57. The van der Waals surface area contributed by atoms with Crippen molar-refractivity contribution in [2.75, 3.05) is 18.5 Å². The van der Waals surface area contributed by atoms with Crippen molar-refractivity contribution in [3.8, 4) is 0 Å². The lowest BCUT2D eigenvalue weighted by Crippen LogP contribution is -2.35. The minimum absolute atomic E-state index is 0.0349. The molecule has 156 valence electrons. The molecule has 0 atom stereocenters. The second-order valence-corrected chi connectivity index (χ2v) is 6.81. The fraction of sp³-hybridized carbons (Fsp3) is 0.273. The lowest BCUT2D eigenvalue weighted by Gasteiger charge is -2.11.